The highest BCUT2D eigenvalue weighted by Crippen LogP contribution is 2.26. The fourth-order valence-electron chi connectivity index (χ4n) is 1.36. The molecule has 0 atom stereocenters. The predicted molar refractivity (Wildman–Crippen MR) is 52.3 cm³/mol. The van der Waals surface area contributed by atoms with Crippen LogP contribution in [0.25, 0.3) is 0 Å². The number of nitrogens with one attached hydrogen (secondary N) is 1. The van der Waals surface area contributed by atoms with Gasteiger partial charge in [-0.2, -0.15) is 0 Å². The SMILES string of the molecule is CC1=Nc2ccccc2NCC1. The predicted octanol–water partition coefficient (Wildman–Crippen LogP) is 2.59. The van der Waals surface area contributed by atoms with Gasteiger partial charge >= 0.3 is 0 Å². The first kappa shape index (κ1) is 7.35. The lowest BCUT2D eigenvalue weighted by molar-refractivity contribution is 1.12. The van der Waals surface area contributed by atoms with Crippen molar-refractivity contribution in [2.24, 2.45) is 4.99 Å². The van der Waals surface area contributed by atoms with Crippen LogP contribution in [-0.2, 0) is 0 Å². The van der Waals surface area contributed by atoms with E-state index in [1.54, 1.807) is 0 Å². The molecule has 1 aliphatic rings. The van der Waals surface area contributed by atoms with Gasteiger partial charge in [0.1, 0.15) is 0 Å². The molecule has 2 nitrogen and oxygen atoms in total. The van der Waals surface area contributed by atoms with E-state index in [0.717, 1.165) is 24.3 Å². The zero-order chi connectivity index (χ0) is 8.39. The lowest BCUT2D eigenvalue weighted by Gasteiger charge is -2.03. The summed E-state index contributed by atoms with van der Waals surface area (Å²) in [5.41, 5.74) is 3.41. The van der Waals surface area contributed by atoms with E-state index in [-0.39, 0.29) is 0 Å². The average molecular weight is 160 g/mol. The summed E-state index contributed by atoms with van der Waals surface area (Å²) in [5.74, 6) is 0. The Morgan fingerprint density at radius 3 is 3.08 bits per heavy atom. The lowest BCUT2D eigenvalue weighted by Crippen LogP contribution is -2.02. The van der Waals surface area contributed by atoms with Crippen molar-refractivity contribution in [3.05, 3.63) is 24.3 Å². The molecule has 12 heavy (non-hydrogen) atoms. The minimum absolute atomic E-state index is 0.992. The third-order valence-electron chi connectivity index (χ3n) is 2.02. The molecule has 0 fully saturated rings. The maximum atomic E-state index is 4.49. The molecule has 0 amide bonds. The molecule has 1 aromatic carbocycles. The number of aliphatic imine (C=N–C) groups is 1. The smallest absolute Gasteiger partial charge is 0.0860 e. The summed E-state index contributed by atoms with van der Waals surface area (Å²) in [6, 6.07) is 8.15. The molecular weight excluding hydrogens is 148 g/mol. The molecule has 2 heteroatoms. The molecule has 1 N–H and O–H groups in total. The van der Waals surface area contributed by atoms with E-state index in [0.29, 0.717) is 0 Å². The van der Waals surface area contributed by atoms with Crippen LogP contribution in [0.3, 0.4) is 0 Å². The van der Waals surface area contributed by atoms with Crippen molar-refractivity contribution >= 4 is 17.1 Å². The van der Waals surface area contributed by atoms with E-state index in [1.807, 2.05) is 18.2 Å². The minimum Gasteiger partial charge on any atom is -0.383 e. The number of hydrogen-bond acceptors (Lipinski definition) is 2. The summed E-state index contributed by atoms with van der Waals surface area (Å²) in [4.78, 5) is 4.49. The average Bonchev–Trinajstić information content (AvgIpc) is 2.25. The molecular formula is C10H12N2. The van der Waals surface area contributed by atoms with Gasteiger partial charge in [-0.3, -0.25) is 4.99 Å². The third kappa shape index (κ3) is 1.33. The first-order valence-electron chi connectivity index (χ1n) is 4.23. The van der Waals surface area contributed by atoms with Gasteiger partial charge in [0, 0.05) is 18.7 Å². The fraction of sp³-hybridized carbons (Fsp3) is 0.300. The second-order valence-corrected chi connectivity index (χ2v) is 3.04. The standard InChI is InChI=1S/C10H12N2/c1-8-6-7-11-9-4-2-3-5-10(9)12-8/h2-5,11H,6-7H2,1H3. The van der Waals surface area contributed by atoms with Crippen LogP contribution in [0.5, 0.6) is 0 Å². The molecule has 1 aliphatic heterocycles. The first-order valence-corrected chi connectivity index (χ1v) is 4.23. The maximum Gasteiger partial charge on any atom is 0.0860 e. The molecule has 0 radical (unpaired) electrons. The summed E-state index contributed by atoms with van der Waals surface area (Å²) in [6.07, 6.45) is 1.04. The Balaban J connectivity index is 2.47. The molecule has 0 bridgehead atoms. The van der Waals surface area contributed by atoms with Crippen molar-refractivity contribution in [3.8, 4) is 0 Å². The topological polar surface area (TPSA) is 24.4 Å². The molecule has 0 unspecified atom stereocenters. The van der Waals surface area contributed by atoms with Crippen LogP contribution in [0.2, 0.25) is 0 Å². The molecule has 0 aliphatic carbocycles. The first-order chi connectivity index (χ1) is 5.86. The Hall–Kier alpha value is -1.31. The van der Waals surface area contributed by atoms with Crippen LogP contribution in [0.4, 0.5) is 11.4 Å². The van der Waals surface area contributed by atoms with Gasteiger partial charge in [-0.25, -0.2) is 0 Å². The van der Waals surface area contributed by atoms with Gasteiger partial charge in [0.25, 0.3) is 0 Å². The van der Waals surface area contributed by atoms with Crippen molar-refractivity contribution in [1.29, 1.82) is 0 Å². The van der Waals surface area contributed by atoms with Gasteiger partial charge in [-0.1, -0.05) is 12.1 Å². The highest BCUT2D eigenvalue weighted by Gasteiger charge is 2.04. The highest BCUT2D eigenvalue weighted by atomic mass is 14.9. The number of fused-ring (bicyclic) bond motifs is 1. The van der Waals surface area contributed by atoms with E-state index in [2.05, 4.69) is 23.3 Å². The summed E-state index contributed by atoms with van der Waals surface area (Å²) >= 11 is 0. The number of benzene rings is 1. The number of nitrogens with zero attached hydrogens (tertiary/aromatic N) is 1. The molecule has 2 rings (SSSR count). The van der Waals surface area contributed by atoms with E-state index >= 15 is 0 Å². The molecule has 1 aromatic rings. The van der Waals surface area contributed by atoms with E-state index in [9.17, 15) is 0 Å². The van der Waals surface area contributed by atoms with Crippen molar-refractivity contribution < 1.29 is 0 Å². The summed E-state index contributed by atoms with van der Waals surface area (Å²) in [7, 11) is 0. The molecule has 1 heterocycles. The summed E-state index contributed by atoms with van der Waals surface area (Å²) < 4.78 is 0. The van der Waals surface area contributed by atoms with Gasteiger partial charge in [0.05, 0.1) is 11.4 Å². The quantitative estimate of drug-likeness (QED) is 0.619. The van der Waals surface area contributed by atoms with Gasteiger partial charge in [0.2, 0.25) is 0 Å². The number of rotatable bonds is 0. The molecule has 0 spiro atoms. The van der Waals surface area contributed by atoms with Gasteiger partial charge in [-0.05, 0) is 19.1 Å². The molecule has 0 aromatic heterocycles. The number of anilines is 1. The molecule has 0 saturated heterocycles. The van der Waals surface area contributed by atoms with Gasteiger partial charge < -0.3 is 5.32 Å². The normalized spacial score (nSPS) is 15.6. The highest BCUT2D eigenvalue weighted by molar-refractivity contribution is 5.88. The Labute approximate surface area is 72.3 Å². The largest absolute Gasteiger partial charge is 0.383 e. The maximum absolute atomic E-state index is 4.49. The number of hydrogen-bond donors (Lipinski definition) is 1. The van der Waals surface area contributed by atoms with Crippen LogP contribution in [-0.4, -0.2) is 12.3 Å². The number of para-hydroxylation sites is 2. The van der Waals surface area contributed by atoms with Crippen LogP contribution in [0, 0.1) is 0 Å². The second-order valence-electron chi connectivity index (χ2n) is 3.04. The minimum atomic E-state index is 0.992. The Morgan fingerprint density at radius 1 is 1.33 bits per heavy atom. The van der Waals surface area contributed by atoms with Crippen LogP contribution in [0.1, 0.15) is 13.3 Å². The fourth-order valence-corrected chi connectivity index (χ4v) is 1.36. The van der Waals surface area contributed by atoms with Crippen molar-refractivity contribution in [3.63, 3.8) is 0 Å². The van der Waals surface area contributed by atoms with E-state index < -0.39 is 0 Å². The van der Waals surface area contributed by atoms with E-state index in [4.69, 9.17) is 0 Å². The molecule has 0 saturated carbocycles. The monoisotopic (exact) mass is 160 g/mol. The zero-order valence-electron chi connectivity index (χ0n) is 7.17. The molecule has 62 valence electrons. The van der Waals surface area contributed by atoms with Crippen molar-refractivity contribution in [1.82, 2.24) is 0 Å². The lowest BCUT2D eigenvalue weighted by atomic mass is 10.3. The summed E-state index contributed by atoms with van der Waals surface area (Å²) in [5, 5.41) is 3.34. The second kappa shape index (κ2) is 2.97. The third-order valence-corrected chi connectivity index (χ3v) is 2.02. The van der Waals surface area contributed by atoms with Crippen LogP contribution in [0.15, 0.2) is 29.3 Å². The van der Waals surface area contributed by atoms with Crippen molar-refractivity contribution in [2.75, 3.05) is 11.9 Å². The zero-order valence-corrected chi connectivity index (χ0v) is 7.17. The Bertz CT molecular complexity index is 315. The Morgan fingerprint density at radius 2 is 2.17 bits per heavy atom. The van der Waals surface area contributed by atoms with Crippen LogP contribution < -0.4 is 5.32 Å². The van der Waals surface area contributed by atoms with Gasteiger partial charge in [-0.15, -0.1) is 0 Å². The van der Waals surface area contributed by atoms with Gasteiger partial charge in [0.15, 0.2) is 0 Å². The van der Waals surface area contributed by atoms with Crippen LogP contribution >= 0.6 is 0 Å². The van der Waals surface area contributed by atoms with E-state index in [1.165, 1.54) is 5.71 Å². The Kier molecular flexibility index (Phi) is 1.82. The summed E-state index contributed by atoms with van der Waals surface area (Å²) in [6.45, 7) is 3.07. The van der Waals surface area contributed by atoms with Crippen molar-refractivity contribution in [2.45, 2.75) is 13.3 Å².